The number of rotatable bonds is 3. The van der Waals surface area contributed by atoms with Crippen LogP contribution in [0.2, 0.25) is 0 Å². The third-order valence-electron chi connectivity index (χ3n) is 2.58. The second-order valence-electron chi connectivity index (χ2n) is 4.07. The van der Waals surface area contributed by atoms with Gasteiger partial charge in [0.2, 0.25) is 0 Å². The first-order valence-corrected chi connectivity index (χ1v) is 6.24. The molecule has 0 aliphatic carbocycles. The molecule has 0 saturated carbocycles. The molecule has 96 valence electrons. The second kappa shape index (κ2) is 6.61. The van der Waals surface area contributed by atoms with Crippen molar-refractivity contribution in [3.63, 3.8) is 0 Å². The van der Waals surface area contributed by atoms with Gasteiger partial charge < -0.3 is 4.74 Å². The number of benzene rings is 2. The minimum atomic E-state index is -0.376. The summed E-state index contributed by atoms with van der Waals surface area (Å²) in [5, 5.41) is 0. The molecule has 0 unspecified atom stereocenters. The minimum absolute atomic E-state index is 0.255. The van der Waals surface area contributed by atoms with Crippen molar-refractivity contribution in [2.75, 3.05) is 0 Å². The van der Waals surface area contributed by atoms with Gasteiger partial charge >= 0.3 is 0 Å². The highest BCUT2D eigenvalue weighted by molar-refractivity contribution is 5.39. The molecule has 0 atom stereocenters. The van der Waals surface area contributed by atoms with E-state index >= 15 is 0 Å². The topological polar surface area (TPSA) is 9.23 Å². The van der Waals surface area contributed by atoms with E-state index in [0.29, 0.717) is 12.2 Å². The van der Waals surface area contributed by atoms with Crippen LogP contribution in [0.1, 0.15) is 24.5 Å². The van der Waals surface area contributed by atoms with Crippen LogP contribution in [0.25, 0.3) is 0 Å². The van der Waals surface area contributed by atoms with Crippen LogP contribution < -0.4 is 4.74 Å². The first-order valence-electron chi connectivity index (χ1n) is 6.24. The van der Waals surface area contributed by atoms with Gasteiger partial charge in [-0.25, -0.2) is 4.39 Å². The van der Waals surface area contributed by atoms with Crippen molar-refractivity contribution in [3.8, 4) is 17.6 Å². The molecular formula is C17H15FO. The van der Waals surface area contributed by atoms with Crippen LogP contribution in [-0.4, -0.2) is 0 Å². The zero-order valence-electron chi connectivity index (χ0n) is 10.8. The molecule has 2 heteroatoms. The number of hydrogen-bond acceptors (Lipinski definition) is 1. The smallest absolute Gasteiger partial charge is 0.166 e. The fraction of sp³-hybridized carbons (Fsp3) is 0.176. The first-order chi connectivity index (χ1) is 9.29. The lowest BCUT2D eigenvalue weighted by molar-refractivity contribution is 0.290. The molecule has 2 aromatic rings. The van der Waals surface area contributed by atoms with Crippen molar-refractivity contribution in [3.05, 3.63) is 65.5 Å². The van der Waals surface area contributed by atoms with Crippen LogP contribution in [0.5, 0.6) is 5.75 Å². The van der Waals surface area contributed by atoms with E-state index in [1.54, 1.807) is 12.1 Å². The second-order valence-corrected chi connectivity index (χ2v) is 4.07. The van der Waals surface area contributed by atoms with Gasteiger partial charge in [0, 0.05) is 12.0 Å². The summed E-state index contributed by atoms with van der Waals surface area (Å²) in [6.45, 7) is 2.32. The van der Waals surface area contributed by atoms with Gasteiger partial charge in [-0.3, -0.25) is 0 Å². The minimum Gasteiger partial charge on any atom is -0.486 e. The maximum Gasteiger partial charge on any atom is 0.166 e. The molecule has 2 aromatic carbocycles. The predicted octanol–water partition coefficient (Wildman–Crippen LogP) is 4.17. The SMILES string of the molecule is CCC#Cc1ccc(OCc2ccccc2)c(F)c1. The molecule has 0 saturated heterocycles. The zero-order valence-corrected chi connectivity index (χ0v) is 10.8. The Balaban J connectivity index is 2.05. The van der Waals surface area contributed by atoms with E-state index in [-0.39, 0.29) is 11.6 Å². The van der Waals surface area contributed by atoms with E-state index < -0.39 is 0 Å². The molecule has 0 bridgehead atoms. The van der Waals surface area contributed by atoms with Crippen molar-refractivity contribution in [2.45, 2.75) is 20.0 Å². The summed E-state index contributed by atoms with van der Waals surface area (Å²) in [5.41, 5.74) is 1.68. The standard InChI is InChI=1S/C17H15FO/c1-2-3-7-14-10-11-17(16(18)12-14)19-13-15-8-5-4-6-9-15/h4-6,8-12H,2,13H2,1H3. The average molecular weight is 254 g/mol. The third kappa shape index (κ3) is 3.86. The summed E-state index contributed by atoms with van der Waals surface area (Å²) in [4.78, 5) is 0. The Kier molecular flexibility index (Phi) is 4.58. The molecule has 0 radical (unpaired) electrons. The van der Waals surface area contributed by atoms with Crippen molar-refractivity contribution < 1.29 is 9.13 Å². The van der Waals surface area contributed by atoms with Gasteiger partial charge in [-0.1, -0.05) is 49.1 Å². The van der Waals surface area contributed by atoms with E-state index in [4.69, 9.17) is 4.74 Å². The molecular weight excluding hydrogens is 239 g/mol. The largest absolute Gasteiger partial charge is 0.486 e. The molecule has 0 spiro atoms. The summed E-state index contributed by atoms with van der Waals surface area (Å²) in [7, 11) is 0. The molecule has 0 N–H and O–H groups in total. The Morgan fingerprint density at radius 2 is 1.89 bits per heavy atom. The van der Waals surface area contributed by atoms with Crippen LogP contribution >= 0.6 is 0 Å². The van der Waals surface area contributed by atoms with Crippen molar-refractivity contribution in [1.29, 1.82) is 0 Å². The van der Waals surface area contributed by atoms with E-state index in [9.17, 15) is 4.39 Å². The average Bonchev–Trinajstić information content (AvgIpc) is 2.45. The quantitative estimate of drug-likeness (QED) is 0.747. The summed E-state index contributed by atoms with van der Waals surface area (Å²) in [6, 6.07) is 14.5. The van der Waals surface area contributed by atoms with Gasteiger partial charge in [0.1, 0.15) is 6.61 Å². The molecule has 1 nitrogen and oxygen atoms in total. The molecule has 0 aromatic heterocycles. The van der Waals surface area contributed by atoms with Gasteiger partial charge in [0.25, 0.3) is 0 Å². The molecule has 0 aliphatic heterocycles. The highest BCUT2D eigenvalue weighted by Gasteiger charge is 2.04. The summed E-state index contributed by atoms with van der Waals surface area (Å²) in [6.07, 6.45) is 0.758. The molecule has 0 aliphatic rings. The molecule has 0 heterocycles. The fourth-order valence-corrected chi connectivity index (χ4v) is 1.62. The van der Waals surface area contributed by atoms with E-state index in [1.165, 1.54) is 6.07 Å². The van der Waals surface area contributed by atoms with Crippen LogP contribution in [-0.2, 0) is 6.61 Å². The van der Waals surface area contributed by atoms with Crippen LogP contribution in [0.3, 0.4) is 0 Å². The normalized spacial score (nSPS) is 9.58. The monoisotopic (exact) mass is 254 g/mol. The Morgan fingerprint density at radius 3 is 2.58 bits per heavy atom. The van der Waals surface area contributed by atoms with Gasteiger partial charge in [0.15, 0.2) is 11.6 Å². The Labute approximate surface area is 113 Å². The van der Waals surface area contributed by atoms with E-state index in [1.807, 2.05) is 37.3 Å². The third-order valence-corrected chi connectivity index (χ3v) is 2.58. The van der Waals surface area contributed by atoms with Crippen LogP contribution in [0.4, 0.5) is 4.39 Å². The Morgan fingerprint density at radius 1 is 1.11 bits per heavy atom. The first kappa shape index (κ1) is 13.2. The lowest BCUT2D eigenvalue weighted by Crippen LogP contribution is -1.97. The predicted molar refractivity (Wildman–Crippen MR) is 74.3 cm³/mol. The summed E-state index contributed by atoms with van der Waals surface area (Å²) < 4.78 is 19.2. The van der Waals surface area contributed by atoms with Gasteiger partial charge in [-0.15, -0.1) is 0 Å². The van der Waals surface area contributed by atoms with Gasteiger partial charge in [0.05, 0.1) is 0 Å². The van der Waals surface area contributed by atoms with E-state index in [2.05, 4.69) is 11.8 Å². The summed E-state index contributed by atoms with van der Waals surface area (Å²) >= 11 is 0. The summed E-state index contributed by atoms with van der Waals surface area (Å²) in [5.74, 6) is 5.68. The van der Waals surface area contributed by atoms with E-state index in [0.717, 1.165) is 12.0 Å². The number of hydrogen-bond donors (Lipinski definition) is 0. The van der Waals surface area contributed by atoms with Crippen molar-refractivity contribution in [2.24, 2.45) is 0 Å². The fourth-order valence-electron chi connectivity index (χ4n) is 1.62. The lowest BCUT2D eigenvalue weighted by atomic mass is 10.2. The lowest BCUT2D eigenvalue weighted by Gasteiger charge is -2.07. The molecule has 2 rings (SSSR count). The van der Waals surface area contributed by atoms with Gasteiger partial charge in [-0.2, -0.15) is 0 Å². The van der Waals surface area contributed by atoms with Crippen molar-refractivity contribution >= 4 is 0 Å². The molecule has 19 heavy (non-hydrogen) atoms. The Bertz CT molecular complexity index is 594. The van der Waals surface area contributed by atoms with Crippen LogP contribution in [0, 0.1) is 17.7 Å². The Hall–Kier alpha value is -2.27. The molecule has 0 amide bonds. The zero-order chi connectivity index (χ0) is 13.5. The maximum absolute atomic E-state index is 13.8. The molecule has 0 fully saturated rings. The number of ether oxygens (including phenoxy) is 1. The van der Waals surface area contributed by atoms with Crippen LogP contribution in [0.15, 0.2) is 48.5 Å². The maximum atomic E-state index is 13.8. The highest BCUT2D eigenvalue weighted by Crippen LogP contribution is 2.19. The number of halogens is 1. The van der Waals surface area contributed by atoms with Gasteiger partial charge in [-0.05, 0) is 23.8 Å². The highest BCUT2D eigenvalue weighted by atomic mass is 19.1. The van der Waals surface area contributed by atoms with Crippen molar-refractivity contribution in [1.82, 2.24) is 0 Å².